The van der Waals surface area contributed by atoms with E-state index in [-0.39, 0.29) is 5.82 Å². The van der Waals surface area contributed by atoms with E-state index in [2.05, 4.69) is 24.1 Å². The monoisotopic (exact) mass is 290 g/mol. The van der Waals surface area contributed by atoms with Crippen LogP contribution in [0.4, 0.5) is 4.39 Å². The highest BCUT2D eigenvalue weighted by molar-refractivity contribution is 5.57. The van der Waals surface area contributed by atoms with Crippen molar-refractivity contribution in [1.82, 2.24) is 10.3 Å². The van der Waals surface area contributed by atoms with Crippen molar-refractivity contribution >= 4 is 0 Å². The number of hydrogen-bond donors (Lipinski definition) is 1. The summed E-state index contributed by atoms with van der Waals surface area (Å²) in [5.41, 5.74) is 1.62. The molecule has 2 aromatic rings. The number of hydrogen-bond acceptors (Lipinski definition) is 3. The van der Waals surface area contributed by atoms with Gasteiger partial charge in [-0.1, -0.05) is 13.8 Å². The molecule has 0 saturated carbocycles. The minimum Gasteiger partial charge on any atom is -0.441 e. The van der Waals surface area contributed by atoms with Gasteiger partial charge in [0.05, 0.1) is 6.20 Å². The molecule has 0 aliphatic heterocycles. The molecule has 3 nitrogen and oxygen atoms in total. The summed E-state index contributed by atoms with van der Waals surface area (Å²) in [6, 6.07) is 4.88. The van der Waals surface area contributed by atoms with Crippen molar-refractivity contribution in [3.8, 4) is 11.3 Å². The molecule has 0 amide bonds. The van der Waals surface area contributed by atoms with Crippen LogP contribution in [-0.2, 0) is 6.42 Å². The predicted molar refractivity (Wildman–Crippen MR) is 82.7 cm³/mol. The minimum absolute atomic E-state index is 0.249. The Balaban J connectivity index is 1.89. The number of aromatic nitrogens is 1. The Morgan fingerprint density at radius 2 is 2.10 bits per heavy atom. The quantitative estimate of drug-likeness (QED) is 0.784. The number of oxazole rings is 1. The maximum atomic E-state index is 13.4. The summed E-state index contributed by atoms with van der Waals surface area (Å²) in [6.07, 6.45) is 3.44. The normalized spacial score (nSPS) is 11.3. The van der Waals surface area contributed by atoms with Gasteiger partial charge in [-0.25, -0.2) is 9.37 Å². The standard InChI is InChI=1S/C17H23FN2O/c1-12(2)10-19-6-4-5-17-20-11-16(21-17)14-7-13(3)8-15(18)9-14/h7-9,11-12,19H,4-6,10H2,1-3H3. The first-order valence-electron chi connectivity index (χ1n) is 7.47. The molecule has 1 heterocycles. The van der Waals surface area contributed by atoms with Crippen LogP contribution in [0.15, 0.2) is 28.8 Å². The number of aryl methyl sites for hydroxylation is 2. The van der Waals surface area contributed by atoms with Crippen molar-refractivity contribution in [2.45, 2.75) is 33.6 Å². The van der Waals surface area contributed by atoms with E-state index in [1.165, 1.54) is 12.1 Å². The van der Waals surface area contributed by atoms with Crippen LogP contribution < -0.4 is 5.32 Å². The van der Waals surface area contributed by atoms with E-state index in [1.54, 1.807) is 6.20 Å². The van der Waals surface area contributed by atoms with E-state index < -0.39 is 0 Å². The minimum atomic E-state index is -0.249. The number of halogens is 1. The molecule has 1 aromatic heterocycles. The summed E-state index contributed by atoms with van der Waals surface area (Å²) in [4.78, 5) is 4.27. The van der Waals surface area contributed by atoms with Gasteiger partial charge in [0, 0.05) is 12.0 Å². The Hall–Kier alpha value is -1.68. The van der Waals surface area contributed by atoms with E-state index in [0.717, 1.165) is 37.1 Å². The Morgan fingerprint density at radius 1 is 1.29 bits per heavy atom. The lowest BCUT2D eigenvalue weighted by Gasteiger charge is -2.05. The van der Waals surface area contributed by atoms with Gasteiger partial charge < -0.3 is 9.73 Å². The summed E-state index contributed by atoms with van der Waals surface area (Å²) < 4.78 is 19.1. The molecule has 0 aliphatic rings. The van der Waals surface area contributed by atoms with Gasteiger partial charge in [-0.05, 0) is 56.1 Å². The average Bonchev–Trinajstić information content (AvgIpc) is 2.85. The van der Waals surface area contributed by atoms with Crippen molar-refractivity contribution in [3.05, 3.63) is 41.7 Å². The zero-order valence-corrected chi connectivity index (χ0v) is 12.9. The van der Waals surface area contributed by atoms with Gasteiger partial charge in [-0.15, -0.1) is 0 Å². The number of nitrogens with one attached hydrogen (secondary N) is 1. The van der Waals surface area contributed by atoms with Crippen LogP contribution in [0, 0.1) is 18.7 Å². The Labute approximate surface area is 125 Å². The SMILES string of the molecule is Cc1cc(F)cc(-c2cnc(CCCNCC(C)C)o2)c1. The maximum absolute atomic E-state index is 13.4. The summed E-state index contributed by atoms with van der Waals surface area (Å²) >= 11 is 0. The molecule has 0 fully saturated rings. The number of benzene rings is 1. The fraction of sp³-hybridized carbons (Fsp3) is 0.471. The lowest BCUT2D eigenvalue weighted by atomic mass is 10.1. The zero-order chi connectivity index (χ0) is 15.2. The summed E-state index contributed by atoms with van der Waals surface area (Å²) in [6.45, 7) is 8.22. The van der Waals surface area contributed by atoms with Gasteiger partial charge in [-0.2, -0.15) is 0 Å². The molecule has 21 heavy (non-hydrogen) atoms. The van der Waals surface area contributed by atoms with Gasteiger partial charge in [0.2, 0.25) is 0 Å². The van der Waals surface area contributed by atoms with E-state index in [9.17, 15) is 4.39 Å². The summed E-state index contributed by atoms with van der Waals surface area (Å²) in [7, 11) is 0. The number of rotatable bonds is 7. The van der Waals surface area contributed by atoms with Crippen molar-refractivity contribution in [2.75, 3.05) is 13.1 Å². The van der Waals surface area contributed by atoms with E-state index in [1.807, 2.05) is 13.0 Å². The van der Waals surface area contributed by atoms with E-state index in [4.69, 9.17) is 4.42 Å². The molecule has 0 bridgehead atoms. The van der Waals surface area contributed by atoms with Gasteiger partial charge >= 0.3 is 0 Å². The highest BCUT2D eigenvalue weighted by Crippen LogP contribution is 2.23. The highest BCUT2D eigenvalue weighted by atomic mass is 19.1. The first-order valence-corrected chi connectivity index (χ1v) is 7.47. The van der Waals surface area contributed by atoms with Crippen molar-refractivity contribution in [3.63, 3.8) is 0 Å². The predicted octanol–water partition coefficient (Wildman–Crippen LogP) is 3.97. The van der Waals surface area contributed by atoms with E-state index in [0.29, 0.717) is 17.6 Å². The van der Waals surface area contributed by atoms with Gasteiger partial charge in [0.25, 0.3) is 0 Å². The smallest absolute Gasteiger partial charge is 0.194 e. The van der Waals surface area contributed by atoms with E-state index >= 15 is 0 Å². The molecule has 0 atom stereocenters. The molecule has 1 N–H and O–H groups in total. The fourth-order valence-corrected chi connectivity index (χ4v) is 2.19. The lowest BCUT2D eigenvalue weighted by molar-refractivity contribution is 0.483. The topological polar surface area (TPSA) is 38.1 Å². The molecule has 4 heteroatoms. The van der Waals surface area contributed by atoms with Crippen LogP contribution in [0.2, 0.25) is 0 Å². The summed E-state index contributed by atoms with van der Waals surface area (Å²) in [5.74, 6) is 1.75. The van der Waals surface area contributed by atoms with Crippen LogP contribution in [-0.4, -0.2) is 18.1 Å². The lowest BCUT2D eigenvalue weighted by Crippen LogP contribution is -2.21. The molecule has 1 aromatic carbocycles. The second-order valence-corrected chi connectivity index (χ2v) is 5.84. The fourth-order valence-electron chi connectivity index (χ4n) is 2.19. The Bertz CT molecular complexity index is 558. The second-order valence-electron chi connectivity index (χ2n) is 5.84. The van der Waals surface area contributed by atoms with Gasteiger partial charge in [0.1, 0.15) is 5.82 Å². The number of nitrogens with zero attached hydrogens (tertiary/aromatic N) is 1. The van der Waals surface area contributed by atoms with Gasteiger partial charge in [0.15, 0.2) is 11.7 Å². The Morgan fingerprint density at radius 3 is 2.81 bits per heavy atom. The van der Waals surface area contributed by atoms with Crippen molar-refractivity contribution < 1.29 is 8.81 Å². The molecule has 0 saturated heterocycles. The zero-order valence-electron chi connectivity index (χ0n) is 12.9. The third-order valence-electron chi connectivity index (χ3n) is 3.18. The van der Waals surface area contributed by atoms with Crippen LogP contribution in [0.3, 0.4) is 0 Å². The van der Waals surface area contributed by atoms with Crippen LogP contribution >= 0.6 is 0 Å². The first-order chi connectivity index (χ1) is 10.0. The summed E-state index contributed by atoms with van der Waals surface area (Å²) in [5, 5.41) is 3.39. The van der Waals surface area contributed by atoms with Crippen LogP contribution in [0.25, 0.3) is 11.3 Å². The Kier molecular flexibility index (Phi) is 5.51. The molecule has 0 aliphatic carbocycles. The average molecular weight is 290 g/mol. The van der Waals surface area contributed by atoms with Crippen LogP contribution in [0.5, 0.6) is 0 Å². The molecule has 0 unspecified atom stereocenters. The largest absolute Gasteiger partial charge is 0.441 e. The molecular formula is C17H23FN2O. The van der Waals surface area contributed by atoms with Crippen molar-refractivity contribution in [1.29, 1.82) is 0 Å². The van der Waals surface area contributed by atoms with Crippen LogP contribution in [0.1, 0.15) is 31.7 Å². The van der Waals surface area contributed by atoms with Crippen molar-refractivity contribution in [2.24, 2.45) is 5.92 Å². The maximum Gasteiger partial charge on any atom is 0.194 e. The molecule has 114 valence electrons. The highest BCUT2D eigenvalue weighted by Gasteiger charge is 2.08. The molecule has 0 radical (unpaired) electrons. The third-order valence-corrected chi connectivity index (χ3v) is 3.18. The second kappa shape index (κ2) is 7.36. The first kappa shape index (κ1) is 15.7. The van der Waals surface area contributed by atoms with Gasteiger partial charge in [-0.3, -0.25) is 0 Å². The third kappa shape index (κ3) is 4.97. The molecule has 0 spiro atoms. The molecular weight excluding hydrogens is 267 g/mol. The molecule has 2 rings (SSSR count).